The van der Waals surface area contributed by atoms with Crippen molar-refractivity contribution in [3.63, 3.8) is 0 Å². The molecular formula is C15H16FNO. The maximum absolute atomic E-state index is 13.3. The first-order valence-electron chi connectivity index (χ1n) is 6.72. The maximum atomic E-state index is 13.3. The van der Waals surface area contributed by atoms with E-state index in [1.54, 1.807) is 0 Å². The minimum absolute atomic E-state index is 0.0746. The number of piperidine rings is 1. The summed E-state index contributed by atoms with van der Waals surface area (Å²) in [5.74, 6) is 0.290. The summed E-state index contributed by atoms with van der Waals surface area (Å²) in [6.45, 7) is 0. The molecule has 0 spiro atoms. The summed E-state index contributed by atoms with van der Waals surface area (Å²) in [7, 11) is 2.13. The minimum atomic E-state index is -0.292. The fraction of sp³-hybridized carbons (Fsp3) is 0.533. The van der Waals surface area contributed by atoms with Crippen LogP contribution >= 0.6 is 0 Å². The van der Waals surface area contributed by atoms with Gasteiger partial charge in [-0.05, 0) is 49.9 Å². The highest BCUT2D eigenvalue weighted by Gasteiger charge is 2.53. The highest BCUT2D eigenvalue weighted by Crippen LogP contribution is 2.51. The summed E-state index contributed by atoms with van der Waals surface area (Å²) >= 11 is 0. The van der Waals surface area contributed by atoms with E-state index in [0.29, 0.717) is 23.6 Å². The van der Waals surface area contributed by atoms with Gasteiger partial charge in [0.25, 0.3) is 0 Å². The lowest BCUT2D eigenvalue weighted by Gasteiger charge is -2.39. The SMILES string of the molecule is CN1[C@H]2CC[C@@H]1[C@H]1C(=O)c3cc(F)ccc3[C@H]1C2. The van der Waals surface area contributed by atoms with Crippen molar-refractivity contribution in [2.75, 3.05) is 7.05 Å². The Morgan fingerprint density at radius 2 is 2.17 bits per heavy atom. The Kier molecular flexibility index (Phi) is 2.03. The fourth-order valence-electron chi connectivity index (χ4n) is 4.39. The van der Waals surface area contributed by atoms with E-state index in [1.165, 1.54) is 18.6 Å². The molecule has 2 aliphatic heterocycles. The number of hydrogen-bond acceptors (Lipinski definition) is 2. The van der Waals surface area contributed by atoms with Gasteiger partial charge in [0, 0.05) is 23.6 Å². The Hall–Kier alpha value is -1.22. The molecule has 0 amide bonds. The standard InChI is InChI=1S/C15H16FNO/c1-17-9-3-5-13(17)14-11(7-9)10-4-2-8(16)6-12(10)15(14)18/h2,4,6,9,11,13-14H,3,5,7H2,1H3/t9-,11+,13+,14-/m0/s1. The first-order chi connectivity index (χ1) is 8.66. The molecule has 1 aromatic carbocycles. The molecular weight excluding hydrogens is 229 g/mol. The molecule has 0 saturated carbocycles. The maximum Gasteiger partial charge on any atom is 0.168 e. The van der Waals surface area contributed by atoms with Crippen LogP contribution in [-0.4, -0.2) is 29.8 Å². The number of nitrogens with zero attached hydrogens (tertiary/aromatic N) is 1. The fourth-order valence-corrected chi connectivity index (χ4v) is 4.39. The van der Waals surface area contributed by atoms with E-state index in [4.69, 9.17) is 0 Å². The largest absolute Gasteiger partial charge is 0.300 e. The number of ketones is 1. The molecule has 0 radical (unpaired) electrons. The van der Waals surface area contributed by atoms with Crippen molar-refractivity contribution in [2.24, 2.45) is 5.92 Å². The molecule has 3 heteroatoms. The smallest absolute Gasteiger partial charge is 0.168 e. The second kappa shape index (κ2) is 3.41. The van der Waals surface area contributed by atoms with Crippen LogP contribution in [0.4, 0.5) is 4.39 Å². The quantitative estimate of drug-likeness (QED) is 0.700. The third kappa shape index (κ3) is 1.18. The van der Waals surface area contributed by atoms with Crippen molar-refractivity contribution in [3.8, 4) is 0 Å². The Morgan fingerprint density at radius 3 is 3.00 bits per heavy atom. The van der Waals surface area contributed by atoms with Crippen molar-refractivity contribution in [3.05, 3.63) is 35.1 Å². The topological polar surface area (TPSA) is 20.3 Å². The second-order valence-corrected chi connectivity index (χ2v) is 5.93. The van der Waals surface area contributed by atoms with Crippen LogP contribution in [0.15, 0.2) is 18.2 Å². The van der Waals surface area contributed by atoms with E-state index in [9.17, 15) is 9.18 Å². The van der Waals surface area contributed by atoms with Crippen LogP contribution in [-0.2, 0) is 0 Å². The van der Waals surface area contributed by atoms with Gasteiger partial charge < -0.3 is 0 Å². The average Bonchev–Trinajstić information content (AvgIpc) is 2.74. The van der Waals surface area contributed by atoms with Crippen molar-refractivity contribution < 1.29 is 9.18 Å². The van der Waals surface area contributed by atoms with Gasteiger partial charge in [-0.3, -0.25) is 9.69 Å². The molecule has 2 nitrogen and oxygen atoms in total. The number of Topliss-reactive ketones (excluding diaryl/α,β-unsaturated/α-hetero) is 1. The Morgan fingerprint density at radius 1 is 1.33 bits per heavy atom. The number of fused-ring (bicyclic) bond motifs is 6. The summed E-state index contributed by atoms with van der Waals surface area (Å²) in [5.41, 5.74) is 1.74. The predicted octanol–water partition coefficient (Wildman–Crippen LogP) is 2.59. The second-order valence-electron chi connectivity index (χ2n) is 5.93. The van der Waals surface area contributed by atoms with Crippen molar-refractivity contribution >= 4 is 5.78 Å². The number of carbonyl (C=O) groups excluding carboxylic acids is 1. The number of carbonyl (C=O) groups is 1. The molecule has 1 aliphatic carbocycles. The normalized spacial score (nSPS) is 37.8. The van der Waals surface area contributed by atoms with Crippen LogP contribution in [0.1, 0.15) is 41.1 Å². The van der Waals surface area contributed by atoms with E-state index < -0.39 is 0 Å². The summed E-state index contributed by atoms with van der Waals surface area (Å²) in [5, 5.41) is 0. The molecule has 2 fully saturated rings. The monoisotopic (exact) mass is 245 g/mol. The number of benzene rings is 1. The molecule has 2 heterocycles. The van der Waals surface area contributed by atoms with Gasteiger partial charge in [-0.2, -0.15) is 0 Å². The zero-order valence-electron chi connectivity index (χ0n) is 10.4. The van der Waals surface area contributed by atoms with E-state index in [0.717, 1.165) is 18.4 Å². The van der Waals surface area contributed by atoms with Gasteiger partial charge >= 0.3 is 0 Å². The molecule has 0 unspecified atom stereocenters. The molecule has 4 rings (SSSR count). The molecule has 2 bridgehead atoms. The van der Waals surface area contributed by atoms with Gasteiger partial charge in [-0.1, -0.05) is 6.07 Å². The number of halogens is 1. The summed E-state index contributed by atoms with van der Waals surface area (Å²) in [6.07, 6.45) is 3.38. The molecule has 1 aromatic rings. The first-order valence-corrected chi connectivity index (χ1v) is 6.72. The summed E-state index contributed by atoms with van der Waals surface area (Å²) in [6, 6.07) is 5.74. The zero-order chi connectivity index (χ0) is 12.4. The molecule has 2 saturated heterocycles. The van der Waals surface area contributed by atoms with Crippen LogP contribution in [0.2, 0.25) is 0 Å². The van der Waals surface area contributed by atoms with Gasteiger partial charge in [0.05, 0.1) is 0 Å². The van der Waals surface area contributed by atoms with Gasteiger partial charge in [0.1, 0.15) is 5.82 Å². The minimum Gasteiger partial charge on any atom is -0.300 e. The first kappa shape index (κ1) is 10.7. The van der Waals surface area contributed by atoms with Gasteiger partial charge in [0.15, 0.2) is 5.78 Å². The Balaban J connectivity index is 1.84. The van der Waals surface area contributed by atoms with E-state index >= 15 is 0 Å². The van der Waals surface area contributed by atoms with Crippen LogP contribution in [0.25, 0.3) is 0 Å². The predicted molar refractivity (Wildman–Crippen MR) is 66.2 cm³/mol. The zero-order valence-corrected chi connectivity index (χ0v) is 10.4. The summed E-state index contributed by atoms with van der Waals surface area (Å²) in [4.78, 5) is 14.9. The highest BCUT2D eigenvalue weighted by atomic mass is 19.1. The number of rotatable bonds is 0. The molecule has 3 aliphatic rings. The highest BCUT2D eigenvalue weighted by molar-refractivity contribution is 6.03. The van der Waals surface area contributed by atoms with E-state index in [1.807, 2.05) is 6.07 Å². The Bertz CT molecular complexity index is 541. The lowest BCUT2D eigenvalue weighted by atomic mass is 9.80. The lowest BCUT2D eigenvalue weighted by Crippen LogP contribution is -2.46. The lowest BCUT2D eigenvalue weighted by molar-refractivity contribution is 0.0697. The average molecular weight is 245 g/mol. The van der Waals surface area contributed by atoms with Crippen molar-refractivity contribution in [2.45, 2.75) is 37.3 Å². The van der Waals surface area contributed by atoms with Gasteiger partial charge in [-0.15, -0.1) is 0 Å². The van der Waals surface area contributed by atoms with Crippen LogP contribution in [0, 0.1) is 11.7 Å². The van der Waals surface area contributed by atoms with E-state index in [-0.39, 0.29) is 17.5 Å². The van der Waals surface area contributed by atoms with Gasteiger partial charge in [0.2, 0.25) is 0 Å². The van der Waals surface area contributed by atoms with Crippen molar-refractivity contribution in [1.82, 2.24) is 4.90 Å². The molecule has 94 valence electrons. The molecule has 0 N–H and O–H groups in total. The van der Waals surface area contributed by atoms with Gasteiger partial charge in [-0.25, -0.2) is 4.39 Å². The summed E-state index contributed by atoms with van der Waals surface area (Å²) < 4.78 is 13.3. The molecule has 18 heavy (non-hydrogen) atoms. The van der Waals surface area contributed by atoms with Crippen molar-refractivity contribution in [1.29, 1.82) is 0 Å². The molecule has 4 atom stereocenters. The van der Waals surface area contributed by atoms with Crippen LogP contribution in [0.3, 0.4) is 0 Å². The van der Waals surface area contributed by atoms with Crippen LogP contribution in [0.5, 0.6) is 0 Å². The van der Waals surface area contributed by atoms with E-state index in [2.05, 4.69) is 11.9 Å². The van der Waals surface area contributed by atoms with Crippen LogP contribution < -0.4 is 0 Å². The molecule has 0 aromatic heterocycles. The Labute approximate surface area is 106 Å². The third-order valence-corrected chi connectivity index (χ3v) is 5.25. The third-order valence-electron chi connectivity index (χ3n) is 5.25. The number of hydrogen-bond donors (Lipinski definition) is 0.